The van der Waals surface area contributed by atoms with Crippen LogP contribution >= 0.6 is 0 Å². The van der Waals surface area contributed by atoms with E-state index in [1.165, 1.54) is 11.0 Å². The average molecular weight is 388 g/mol. The molecule has 4 nitrogen and oxygen atoms in total. The van der Waals surface area contributed by atoms with E-state index in [9.17, 15) is 22.4 Å². The van der Waals surface area contributed by atoms with Gasteiger partial charge in [0.05, 0.1) is 17.2 Å². The van der Waals surface area contributed by atoms with E-state index in [0.717, 1.165) is 31.5 Å². The van der Waals surface area contributed by atoms with Crippen LogP contribution in [-0.4, -0.2) is 36.2 Å². The van der Waals surface area contributed by atoms with E-state index in [4.69, 9.17) is 4.74 Å². The molecule has 1 aliphatic heterocycles. The molecule has 2 fully saturated rings. The maximum Gasteiger partial charge on any atom is 0.419 e. The molecule has 0 unspecified atom stereocenters. The summed E-state index contributed by atoms with van der Waals surface area (Å²) in [5, 5.41) is 3.30. The molecular weight excluding hydrogens is 364 g/mol. The molecule has 150 valence electrons. The normalized spacial score (nSPS) is 21.4. The third-order valence-electron chi connectivity index (χ3n) is 5.17. The van der Waals surface area contributed by atoms with Crippen LogP contribution in [0.2, 0.25) is 0 Å². The molecule has 1 aromatic rings. The Morgan fingerprint density at radius 2 is 2.07 bits per heavy atom. The molecule has 27 heavy (non-hydrogen) atoms. The standard InChI is InChI=1S/C19H24F4N2O2/c1-12(2)27-17(26)25(11-14-4-3-9-24-14)18(7-8-18)13-5-6-16(20)15(10-13)19(21,22)23/h5-6,10,12,14,24H,3-4,7-9,11H2,1-2H3/t14-/m0/s1. The largest absolute Gasteiger partial charge is 0.447 e. The number of halogens is 4. The fourth-order valence-corrected chi connectivity index (χ4v) is 3.69. The number of ether oxygens (including phenoxy) is 1. The zero-order valence-electron chi connectivity index (χ0n) is 15.4. The Kier molecular flexibility index (Phi) is 5.38. The number of carbonyl (C=O) groups excluding carboxylic acids is 1. The molecule has 3 rings (SSSR count). The summed E-state index contributed by atoms with van der Waals surface area (Å²) >= 11 is 0. The zero-order chi connectivity index (χ0) is 19.8. The van der Waals surface area contributed by atoms with Crippen LogP contribution in [0, 0.1) is 5.82 Å². The molecule has 0 radical (unpaired) electrons. The van der Waals surface area contributed by atoms with E-state index in [1.807, 2.05) is 0 Å². The number of rotatable bonds is 5. The number of amides is 1. The maximum absolute atomic E-state index is 13.7. The highest BCUT2D eigenvalue weighted by molar-refractivity contribution is 5.70. The first-order valence-corrected chi connectivity index (χ1v) is 9.22. The summed E-state index contributed by atoms with van der Waals surface area (Å²) in [5.74, 6) is -1.31. The summed E-state index contributed by atoms with van der Waals surface area (Å²) in [4.78, 5) is 14.3. The van der Waals surface area contributed by atoms with Crippen LogP contribution in [0.4, 0.5) is 22.4 Å². The molecule has 1 aliphatic carbocycles. The lowest BCUT2D eigenvalue weighted by Crippen LogP contribution is -2.48. The molecule has 8 heteroatoms. The summed E-state index contributed by atoms with van der Waals surface area (Å²) < 4.78 is 58.5. The average Bonchev–Trinajstić information content (AvgIpc) is 3.19. The molecule has 1 heterocycles. The van der Waals surface area contributed by atoms with Gasteiger partial charge in [-0.25, -0.2) is 9.18 Å². The summed E-state index contributed by atoms with van der Waals surface area (Å²) in [5.41, 5.74) is -1.87. The van der Waals surface area contributed by atoms with Crippen molar-refractivity contribution in [1.29, 1.82) is 0 Å². The van der Waals surface area contributed by atoms with Crippen LogP contribution in [0.5, 0.6) is 0 Å². The van der Waals surface area contributed by atoms with Gasteiger partial charge in [-0.15, -0.1) is 0 Å². The highest BCUT2D eigenvalue weighted by atomic mass is 19.4. The van der Waals surface area contributed by atoms with Crippen molar-refractivity contribution in [3.05, 3.63) is 35.1 Å². The number of hydrogen-bond acceptors (Lipinski definition) is 3. The molecule has 0 spiro atoms. The summed E-state index contributed by atoms with van der Waals surface area (Å²) in [6.45, 7) is 4.65. The molecule has 1 saturated carbocycles. The molecule has 1 amide bonds. The van der Waals surface area contributed by atoms with Crippen LogP contribution in [0.1, 0.15) is 50.7 Å². The van der Waals surface area contributed by atoms with Gasteiger partial charge in [0.15, 0.2) is 0 Å². The first-order valence-electron chi connectivity index (χ1n) is 9.22. The maximum atomic E-state index is 13.7. The predicted octanol–water partition coefficient (Wildman–Crippen LogP) is 4.43. The lowest BCUT2D eigenvalue weighted by Gasteiger charge is -2.34. The van der Waals surface area contributed by atoms with Crippen LogP contribution in [0.15, 0.2) is 18.2 Å². The Labute approximate surface area is 155 Å². The van der Waals surface area contributed by atoms with Crippen molar-refractivity contribution in [3.8, 4) is 0 Å². The van der Waals surface area contributed by atoms with Crippen molar-refractivity contribution < 1.29 is 27.1 Å². The third-order valence-corrected chi connectivity index (χ3v) is 5.17. The first-order chi connectivity index (χ1) is 12.6. The highest BCUT2D eigenvalue weighted by Crippen LogP contribution is 2.52. The Morgan fingerprint density at radius 3 is 2.59 bits per heavy atom. The van der Waals surface area contributed by atoms with Gasteiger partial charge in [0.2, 0.25) is 0 Å². The smallest absolute Gasteiger partial charge is 0.419 e. The molecule has 1 aromatic carbocycles. The van der Waals surface area contributed by atoms with Gasteiger partial charge in [0.1, 0.15) is 5.82 Å². The fraction of sp³-hybridized carbons (Fsp3) is 0.632. The molecule has 0 bridgehead atoms. The Bertz CT molecular complexity index is 695. The Balaban J connectivity index is 1.94. The SMILES string of the molecule is CC(C)OC(=O)N(C[C@@H]1CCCN1)C1(c2ccc(F)c(C(F)(F)F)c2)CC1. The lowest BCUT2D eigenvalue weighted by molar-refractivity contribution is -0.140. The van der Waals surface area contributed by atoms with Crippen molar-refractivity contribution in [2.75, 3.05) is 13.1 Å². The molecular formula is C19H24F4N2O2. The minimum atomic E-state index is -4.79. The van der Waals surface area contributed by atoms with E-state index >= 15 is 0 Å². The van der Waals surface area contributed by atoms with Gasteiger partial charge in [0, 0.05) is 12.6 Å². The quantitative estimate of drug-likeness (QED) is 0.759. The minimum absolute atomic E-state index is 0.0738. The number of carbonyl (C=O) groups is 1. The van der Waals surface area contributed by atoms with E-state index in [-0.39, 0.29) is 12.1 Å². The number of nitrogens with one attached hydrogen (secondary N) is 1. The zero-order valence-corrected chi connectivity index (χ0v) is 15.4. The number of alkyl halides is 3. The fourth-order valence-electron chi connectivity index (χ4n) is 3.69. The van der Waals surface area contributed by atoms with Gasteiger partial charge in [0.25, 0.3) is 0 Å². The van der Waals surface area contributed by atoms with E-state index in [0.29, 0.717) is 24.9 Å². The Hall–Kier alpha value is -1.83. The van der Waals surface area contributed by atoms with Crippen LogP contribution < -0.4 is 5.32 Å². The summed E-state index contributed by atoms with van der Waals surface area (Å²) in [6, 6.07) is 3.08. The van der Waals surface area contributed by atoms with Gasteiger partial charge in [-0.1, -0.05) is 6.07 Å². The van der Waals surface area contributed by atoms with Gasteiger partial charge in [-0.2, -0.15) is 13.2 Å². The molecule has 2 aliphatic rings. The monoisotopic (exact) mass is 388 g/mol. The third kappa shape index (κ3) is 4.20. The predicted molar refractivity (Wildman–Crippen MR) is 91.7 cm³/mol. The Morgan fingerprint density at radius 1 is 1.37 bits per heavy atom. The van der Waals surface area contributed by atoms with Crippen LogP contribution in [0.25, 0.3) is 0 Å². The summed E-state index contributed by atoms with van der Waals surface area (Å²) in [6.07, 6.45) is -2.75. The number of hydrogen-bond donors (Lipinski definition) is 1. The minimum Gasteiger partial charge on any atom is -0.447 e. The summed E-state index contributed by atoms with van der Waals surface area (Å²) in [7, 11) is 0. The van der Waals surface area contributed by atoms with E-state index < -0.39 is 29.2 Å². The van der Waals surface area contributed by atoms with Crippen molar-refractivity contribution in [2.24, 2.45) is 0 Å². The van der Waals surface area contributed by atoms with Crippen molar-refractivity contribution in [2.45, 2.75) is 63.4 Å². The lowest BCUT2D eigenvalue weighted by atomic mass is 9.99. The number of nitrogens with zero attached hydrogens (tertiary/aromatic N) is 1. The van der Waals surface area contributed by atoms with Gasteiger partial charge in [-0.3, -0.25) is 4.90 Å². The second-order valence-corrected chi connectivity index (χ2v) is 7.56. The molecule has 0 aromatic heterocycles. The van der Waals surface area contributed by atoms with Gasteiger partial charge >= 0.3 is 12.3 Å². The van der Waals surface area contributed by atoms with Gasteiger partial charge < -0.3 is 10.1 Å². The first kappa shape index (κ1) is 19.9. The topological polar surface area (TPSA) is 41.6 Å². The second-order valence-electron chi connectivity index (χ2n) is 7.56. The molecule has 1 atom stereocenters. The van der Waals surface area contributed by atoms with Crippen molar-refractivity contribution in [3.63, 3.8) is 0 Å². The van der Waals surface area contributed by atoms with Gasteiger partial charge in [-0.05, 0) is 63.8 Å². The van der Waals surface area contributed by atoms with E-state index in [1.54, 1.807) is 13.8 Å². The van der Waals surface area contributed by atoms with Crippen molar-refractivity contribution >= 4 is 6.09 Å². The van der Waals surface area contributed by atoms with E-state index in [2.05, 4.69) is 5.32 Å². The molecule has 1 saturated heterocycles. The van der Waals surface area contributed by atoms with Crippen LogP contribution in [0.3, 0.4) is 0 Å². The van der Waals surface area contributed by atoms with Crippen molar-refractivity contribution in [1.82, 2.24) is 10.2 Å². The second kappa shape index (κ2) is 7.30. The number of benzene rings is 1. The highest BCUT2D eigenvalue weighted by Gasteiger charge is 2.53. The van der Waals surface area contributed by atoms with Crippen LogP contribution in [-0.2, 0) is 16.5 Å². The molecule has 1 N–H and O–H groups in total.